The maximum atomic E-state index is 12.0. The van der Waals surface area contributed by atoms with Crippen LogP contribution in [0.15, 0.2) is 47.6 Å². The molecule has 0 spiro atoms. The Morgan fingerprint density at radius 1 is 1.04 bits per heavy atom. The Kier molecular flexibility index (Phi) is 5.45. The summed E-state index contributed by atoms with van der Waals surface area (Å²) in [6.45, 7) is 6.39. The molecule has 1 N–H and O–H groups in total. The van der Waals surface area contributed by atoms with Crippen molar-refractivity contribution in [1.29, 1.82) is 0 Å². The standard InChI is InChI=1S/C18H18Cl2N2O/c1-18(2,3)14-7-5-13(6-8-14)17(23)22-21-11-12-4-9-15(19)16(20)10-12/h4-11H,1-3H3,(H,22,23)/b21-11-. The first-order chi connectivity index (χ1) is 10.8. The first kappa shape index (κ1) is 17.5. The molecule has 0 radical (unpaired) electrons. The SMILES string of the molecule is CC(C)(C)c1ccc(C(=O)N/N=C\c2ccc(Cl)c(Cl)c2)cc1. The fraction of sp³-hybridized carbons (Fsp3) is 0.222. The molecule has 0 unspecified atom stereocenters. The summed E-state index contributed by atoms with van der Waals surface area (Å²) in [5.41, 5.74) is 5.04. The minimum Gasteiger partial charge on any atom is -0.267 e. The van der Waals surface area contributed by atoms with Crippen molar-refractivity contribution in [3.63, 3.8) is 0 Å². The van der Waals surface area contributed by atoms with E-state index in [1.54, 1.807) is 30.3 Å². The third-order valence-corrected chi connectivity index (χ3v) is 4.08. The second-order valence-corrected chi connectivity index (χ2v) is 7.01. The van der Waals surface area contributed by atoms with E-state index < -0.39 is 0 Å². The molecule has 0 bridgehead atoms. The van der Waals surface area contributed by atoms with Crippen LogP contribution in [0.2, 0.25) is 10.0 Å². The number of amides is 1. The zero-order chi connectivity index (χ0) is 17.0. The van der Waals surface area contributed by atoms with Crippen LogP contribution in [0.5, 0.6) is 0 Å². The van der Waals surface area contributed by atoms with Crippen molar-refractivity contribution >= 4 is 35.3 Å². The zero-order valence-corrected chi connectivity index (χ0v) is 14.7. The van der Waals surface area contributed by atoms with Crippen molar-refractivity contribution in [2.45, 2.75) is 26.2 Å². The highest BCUT2D eigenvalue weighted by Crippen LogP contribution is 2.22. The summed E-state index contributed by atoms with van der Waals surface area (Å²) in [6, 6.07) is 12.6. The lowest BCUT2D eigenvalue weighted by molar-refractivity contribution is 0.0955. The number of nitrogens with one attached hydrogen (secondary N) is 1. The summed E-state index contributed by atoms with van der Waals surface area (Å²) in [6.07, 6.45) is 1.52. The second-order valence-electron chi connectivity index (χ2n) is 6.20. The summed E-state index contributed by atoms with van der Waals surface area (Å²) in [5.74, 6) is -0.262. The van der Waals surface area contributed by atoms with Crippen molar-refractivity contribution in [2.75, 3.05) is 0 Å². The molecule has 0 aromatic heterocycles. The average molecular weight is 349 g/mol. The molecule has 3 nitrogen and oxygen atoms in total. The Morgan fingerprint density at radius 2 is 1.70 bits per heavy atom. The predicted octanol–water partition coefficient (Wildman–Crippen LogP) is 5.05. The van der Waals surface area contributed by atoms with Gasteiger partial charge in [0.1, 0.15) is 0 Å². The van der Waals surface area contributed by atoms with Gasteiger partial charge in [-0.05, 0) is 40.8 Å². The van der Waals surface area contributed by atoms with Gasteiger partial charge in [0.05, 0.1) is 16.3 Å². The summed E-state index contributed by atoms with van der Waals surface area (Å²) < 4.78 is 0. The number of hydrogen-bond donors (Lipinski definition) is 1. The number of carbonyl (C=O) groups is 1. The topological polar surface area (TPSA) is 41.5 Å². The van der Waals surface area contributed by atoms with Gasteiger partial charge in [-0.1, -0.05) is 62.2 Å². The number of benzene rings is 2. The van der Waals surface area contributed by atoms with Crippen LogP contribution in [0.1, 0.15) is 42.3 Å². The van der Waals surface area contributed by atoms with Gasteiger partial charge in [0.2, 0.25) is 0 Å². The number of nitrogens with zero attached hydrogens (tertiary/aromatic N) is 1. The predicted molar refractivity (Wildman–Crippen MR) is 96.7 cm³/mol. The molecule has 5 heteroatoms. The van der Waals surface area contributed by atoms with Crippen molar-refractivity contribution in [1.82, 2.24) is 5.43 Å². The average Bonchev–Trinajstić information content (AvgIpc) is 2.50. The van der Waals surface area contributed by atoms with E-state index in [9.17, 15) is 4.79 Å². The van der Waals surface area contributed by atoms with Crippen LogP contribution in [-0.2, 0) is 5.41 Å². The van der Waals surface area contributed by atoms with Crippen molar-refractivity contribution in [2.24, 2.45) is 5.10 Å². The van der Waals surface area contributed by atoms with Crippen LogP contribution in [0, 0.1) is 0 Å². The van der Waals surface area contributed by atoms with Crippen LogP contribution >= 0.6 is 23.2 Å². The fourth-order valence-electron chi connectivity index (χ4n) is 1.94. The smallest absolute Gasteiger partial charge is 0.267 e. The number of halogens is 2. The minimum absolute atomic E-state index is 0.0566. The van der Waals surface area contributed by atoms with E-state index in [2.05, 4.69) is 31.3 Å². The van der Waals surface area contributed by atoms with Gasteiger partial charge in [-0.2, -0.15) is 5.10 Å². The van der Waals surface area contributed by atoms with Crippen molar-refractivity contribution in [3.8, 4) is 0 Å². The molecule has 0 saturated carbocycles. The Balaban J connectivity index is 2.01. The van der Waals surface area contributed by atoms with E-state index in [-0.39, 0.29) is 11.3 Å². The first-order valence-corrected chi connectivity index (χ1v) is 7.92. The van der Waals surface area contributed by atoms with E-state index in [0.29, 0.717) is 15.6 Å². The molecule has 0 fully saturated rings. The third kappa shape index (κ3) is 4.81. The summed E-state index contributed by atoms with van der Waals surface area (Å²) in [7, 11) is 0. The molecule has 0 aliphatic rings. The number of rotatable bonds is 3. The number of hydrazone groups is 1. The van der Waals surface area contributed by atoms with Gasteiger partial charge < -0.3 is 0 Å². The lowest BCUT2D eigenvalue weighted by Crippen LogP contribution is -2.18. The van der Waals surface area contributed by atoms with Gasteiger partial charge in [-0.15, -0.1) is 0 Å². The molecule has 2 aromatic carbocycles. The van der Waals surface area contributed by atoms with Crippen molar-refractivity contribution < 1.29 is 4.79 Å². The van der Waals surface area contributed by atoms with Gasteiger partial charge in [0.25, 0.3) is 5.91 Å². The molecule has 0 atom stereocenters. The molecule has 2 rings (SSSR count). The molecule has 0 aliphatic carbocycles. The Morgan fingerprint density at radius 3 is 2.26 bits per heavy atom. The molecule has 23 heavy (non-hydrogen) atoms. The van der Waals surface area contributed by atoms with E-state index in [1.807, 2.05) is 12.1 Å². The second kappa shape index (κ2) is 7.16. The molecule has 0 heterocycles. The Hall–Kier alpha value is -1.84. The van der Waals surface area contributed by atoms with E-state index in [1.165, 1.54) is 11.8 Å². The molecular formula is C18H18Cl2N2O. The first-order valence-electron chi connectivity index (χ1n) is 7.16. The van der Waals surface area contributed by atoms with Crippen LogP contribution < -0.4 is 5.43 Å². The highest BCUT2D eigenvalue weighted by Gasteiger charge is 2.14. The van der Waals surface area contributed by atoms with E-state index in [0.717, 1.165) is 5.56 Å². The van der Waals surface area contributed by atoms with Gasteiger partial charge in [0, 0.05) is 5.56 Å². The van der Waals surface area contributed by atoms with Crippen molar-refractivity contribution in [3.05, 3.63) is 69.2 Å². The summed E-state index contributed by atoms with van der Waals surface area (Å²) in [5, 5.41) is 4.86. The van der Waals surface area contributed by atoms with Crippen LogP contribution in [0.25, 0.3) is 0 Å². The molecule has 0 saturated heterocycles. The highest BCUT2D eigenvalue weighted by molar-refractivity contribution is 6.42. The minimum atomic E-state index is -0.262. The quantitative estimate of drug-likeness (QED) is 0.611. The monoisotopic (exact) mass is 348 g/mol. The lowest BCUT2D eigenvalue weighted by Gasteiger charge is -2.18. The Bertz CT molecular complexity index is 732. The molecule has 0 aliphatic heterocycles. The largest absolute Gasteiger partial charge is 0.271 e. The fourth-order valence-corrected chi connectivity index (χ4v) is 2.25. The maximum absolute atomic E-state index is 12.0. The van der Waals surface area contributed by atoms with E-state index in [4.69, 9.17) is 23.2 Å². The van der Waals surface area contributed by atoms with Crippen LogP contribution in [0.3, 0.4) is 0 Å². The summed E-state index contributed by atoms with van der Waals surface area (Å²) >= 11 is 11.8. The normalized spacial score (nSPS) is 11.7. The van der Waals surface area contributed by atoms with Gasteiger partial charge >= 0.3 is 0 Å². The number of hydrogen-bond acceptors (Lipinski definition) is 2. The number of carbonyl (C=O) groups excluding carboxylic acids is 1. The van der Waals surface area contributed by atoms with Crippen LogP contribution in [0.4, 0.5) is 0 Å². The Labute approximate surface area is 146 Å². The molecule has 120 valence electrons. The third-order valence-electron chi connectivity index (χ3n) is 3.34. The molecular weight excluding hydrogens is 331 g/mol. The molecule has 1 amide bonds. The lowest BCUT2D eigenvalue weighted by atomic mass is 9.87. The maximum Gasteiger partial charge on any atom is 0.271 e. The van der Waals surface area contributed by atoms with Gasteiger partial charge in [0.15, 0.2) is 0 Å². The van der Waals surface area contributed by atoms with Gasteiger partial charge in [-0.25, -0.2) is 5.43 Å². The summed E-state index contributed by atoms with van der Waals surface area (Å²) in [4.78, 5) is 12.0. The molecule has 2 aromatic rings. The van der Waals surface area contributed by atoms with Gasteiger partial charge in [-0.3, -0.25) is 4.79 Å². The zero-order valence-electron chi connectivity index (χ0n) is 13.2. The highest BCUT2D eigenvalue weighted by atomic mass is 35.5. The van der Waals surface area contributed by atoms with Crippen LogP contribution in [-0.4, -0.2) is 12.1 Å². The van der Waals surface area contributed by atoms with E-state index >= 15 is 0 Å².